The summed E-state index contributed by atoms with van der Waals surface area (Å²) in [5, 5.41) is 4.36. The molecule has 25 heavy (non-hydrogen) atoms. The summed E-state index contributed by atoms with van der Waals surface area (Å²) >= 11 is 0. The zero-order chi connectivity index (χ0) is 17.2. The van der Waals surface area contributed by atoms with E-state index in [9.17, 15) is 4.79 Å². The predicted octanol–water partition coefficient (Wildman–Crippen LogP) is 1.85. The Kier molecular flexibility index (Phi) is 3.93. The molecule has 0 N–H and O–H groups in total. The molecule has 8 nitrogen and oxygen atoms in total. The van der Waals surface area contributed by atoms with Crippen LogP contribution in [0.4, 0.5) is 0 Å². The van der Waals surface area contributed by atoms with Gasteiger partial charge in [0.05, 0.1) is 18.5 Å². The molecule has 3 aromatic rings. The first-order valence-electron chi connectivity index (χ1n) is 7.98. The lowest BCUT2D eigenvalue weighted by molar-refractivity contribution is 0.0597. The number of fused-ring (bicyclic) bond motifs is 1. The molecule has 128 valence electrons. The molecule has 0 spiro atoms. The Bertz CT molecular complexity index is 873. The van der Waals surface area contributed by atoms with Gasteiger partial charge in [-0.1, -0.05) is 0 Å². The van der Waals surface area contributed by atoms with Gasteiger partial charge in [-0.3, -0.25) is 9.48 Å². The molecule has 1 atom stereocenters. The summed E-state index contributed by atoms with van der Waals surface area (Å²) in [4.78, 5) is 22.6. The maximum Gasteiger partial charge on any atom is 0.316 e. The van der Waals surface area contributed by atoms with E-state index >= 15 is 0 Å². The average molecular weight is 339 g/mol. The summed E-state index contributed by atoms with van der Waals surface area (Å²) in [6.07, 6.45) is 6.51. The van der Waals surface area contributed by atoms with E-state index in [1.165, 1.54) is 6.26 Å². The molecule has 0 aliphatic carbocycles. The Hall–Kier alpha value is -3.16. The van der Waals surface area contributed by atoms with Gasteiger partial charge in [0, 0.05) is 30.7 Å². The normalized spacial score (nSPS) is 16.5. The van der Waals surface area contributed by atoms with Crippen LogP contribution in [0.5, 0.6) is 6.01 Å². The van der Waals surface area contributed by atoms with Gasteiger partial charge in [-0.2, -0.15) is 5.10 Å². The summed E-state index contributed by atoms with van der Waals surface area (Å²) in [7, 11) is 0. The number of aryl methyl sites for hydroxylation is 1. The molecule has 0 fully saturated rings. The monoisotopic (exact) mass is 339 g/mol. The fraction of sp³-hybridized carbons (Fsp3) is 0.294. The summed E-state index contributed by atoms with van der Waals surface area (Å²) < 4.78 is 12.9. The quantitative estimate of drug-likeness (QED) is 0.721. The van der Waals surface area contributed by atoms with E-state index in [1.54, 1.807) is 35.6 Å². The van der Waals surface area contributed by atoms with Crippen LogP contribution in [-0.2, 0) is 6.54 Å². The molecule has 0 saturated carbocycles. The Morgan fingerprint density at radius 2 is 2.16 bits per heavy atom. The highest BCUT2D eigenvalue weighted by molar-refractivity contribution is 5.92. The van der Waals surface area contributed by atoms with E-state index in [1.807, 2.05) is 17.7 Å². The highest BCUT2D eigenvalue weighted by atomic mass is 16.5. The maximum absolute atomic E-state index is 12.8. The van der Waals surface area contributed by atoms with E-state index in [-0.39, 0.29) is 11.9 Å². The van der Waals surface area contributed by atoms with E-state index < -0.39 is 0 Å². The number of nitrogens with zero attached hydrogens (tertiary/aromatic N) is 5. The third-order valence-electron chi connectivity index (χ3n) is 4.17. The lowest BCUT2D eigenvalue weighted by atomic mass is 10.1. The van der Waals surface area contributed by atoms with Crippen molar-refractivity contribution in [3.63, 3.8) is 0 Å². The highest BCUT2D eigenvalue weighted by Crippen LogP contribution is 2.23. The molecule has 0 saturated heterocycles. The van der Waals surface area contributed by atoms with E-state index in [4.69, 9.17) is 9.15 Å². The standard InChI is InChI=1S/C17H17N5O3/c1-12-4-8-24-15(12)16(23)21-9-13-3-7-20-22(13)14(10-21)11-25-17-18-5-2-6-19-17/h2-8,14H,9-11H2,1H3. The molecule has 4 rings (SSSR count). The second-order valence-corrected chi connectivity index (χ2v) is 5.88. The van der Waals surface area contributed by atoms with Crippen LogP contribution in [0.2, 0.25) is 0 Å². The summed E-state index contributed by atoms with van der Waals surface area (Å²) in [5.41, 5.74) is 1.78. The van der Waals surface area contributed by atoms with Gasteiger partial charge in [-0.15, -0.1) is 0 Å². The number of rotatable bonds is 4. The van der Waals surface area contributed by atoms with Gasteiger partial charge >= 0.3 is 6.01 Å². The Morgan fingerprint density at radius 1 is 1.32 bits per heavy atom. The molecular formula is C17H17N5O3. The first kappa shape index (κ1) is 15.4. The fourth-order valence-electron chi connectivity index (χ4n) is 2.93. The van der Waals surface area contributed by atoms with Gasteiger partial charge in [0.15, 0.2) is 5.76 Å². The van der Waals surface area contributed by atoms with Crippen molar-refractivity contribution in [1.82, 2.24) is 24.6 Å². The third kappa shape index (κ3) is 2.98. The Labute approximate surface area is 144 Å². The topological polar surface area (TPSA) is 86.3 Å². The van der Waals surface area contributed by atoms with E-state index in [2.05, 4.69) is 15.1 Å². The summed E-state index contributed by atoms with van der Waals surface area (Å²) in [6.45, 7) is 3.13. The largest absolute Gasteiger partial charge is 0.461 e. The molecule has 8 heteroatoms. The van der Waals surface area contributed by atoms with Crippen molar-refractivity contribution in [1.29, 1.82) is 0 Å². The van der Waals surface area contributed by atoms with Crippen LogP contribution in [0.25, 0.3) is 0 Å². The minimum atomic E-state index is -0.129. The van der Waals surface area contributed by atoms with Crippen LogP contribution in [0, 0.1) is 6.92 Å². The van der Waals surface area contributed by atoms with Crippen molar-refractivity contribution < 1.29 is 13.9 Å². The molecule has 1 aliphatic heterocycles. The van der Waals surface area contributed by atoms with E-state index in [0.717, 1.165) is 11.3 Å². The SMILES string of the molecule is Cc1ccoc1C(=O)N1Cc2ccnn2C(COc2ncccn2)C1. The Morgan fingerprint density at radius 3 is 2.92 bits per heavy atom. The van der Waals surface area contributed by atoms with Crippen molar-refractivity contribution in [2.45, 2.75) is 19.5 Å². The number of aromatic nitrogens is 4. The second-order valence-electron chi connectivity index (χ2n) is 5.88. The number of hydrogen-bond acceptors (Lipinski definition) is 6. The molecule has 3 aromatic heterocycles. The fourth-order valence-corrected chi connectivity index (χ4v) is 2.93. The Balaban J connectivity index is 1.53. The van der Waals surface area contributed by atoms with Crippen molar-refractivity contribution in [3.8, 4) is 6.01 Å². The molecule has 4 heterocycles. The second kappa shape index (κ2) is 6.39. The maximum atomic E-state index is 12.8. The molecule has 1 aliphatic rings. The van der Waals surface area contributed by atoms with Gasteiger partial charge < -0.3 is 14.1 Å². The van der Waals surface area contributed by atoms with Crippen molar-refractivity contribution in [2.24, 2.45) is 0 Å². The van der Waals surface area contributed by atoms with Gasteiger partial charge in [0.25, 0.3) is 5.91 Å². The van der Waals surface area contributed by atoms with Crippen molar-refractivity contribution in [3.05, 3.63) is 60.1 Å². The van der Waals surface area contributed by atoms with Gasteiger partial charge in [0.2, 0.25) is 0 Å². The zero-order valence-electron chi connectivity index (χ0n) is 13.7. The zero-order valence-corrected chi connectivity index (χ0v) is 13.7. The smallest absolute Gasteiger partial charge is 0.316 e. The molecular weight excluding hydrogens is 322 g/mol. The van der Waals surface area contributed by atoms with Gasteiger partial charge in [-0.05, 0) is 25.1 Å². The lowest BCUT2D eigenvalue weighted by Crippen LogP contribution is -2.43. The minimum absolute atomic E-state index is 0.123. The molecule has 1 unspecified atom stereocenters. The van der Waals surface area contributed by atoms with Crippen LogP contribution in [-0.4, -0.2) is 43.7 Å². The van der Waals surface area contributed by atoms with Crippen LogP contribution in [0.15, 0.2) is 47.5 Å². The third-order valence-corrected chi connectivity index (χ3v) is 4.17. The molecule has 0 bridgehead atoms. The van der Waals surface area contributed by atoms with Crippen LogP contribution in [0.1, 0.15) is 27.9 Å². The highest BCUT2D eigenvalue weighted by Gasteiger charge is 2.31. The van der Waals surface area contributed by atoms with Crippen molar-refractivity contribution >= 4 is 5.91 Å². The number of hydrogen-bond donors (Lipinski definition) is 0. The van der Waals surface area contributed by atoms with Gasteiger partial charge in [-0.25, -0.2) is 9.97 Å². The van der Waals surface area contributed by atoms with Crippen LogP contribution < -0.4 is 4.74 Å². The van der Waals surface area contributed by atoms with Crippen LogP contribution in [0.3, 0.4) is 0 Å². The van der Waals surface area contributed by atoms with Crippen molar-refractivity contribution in [2.75, 3.05) is 13.2 Å². The molecule has 1 amide bonds. The number of carbonyl (C=O) groups is 1. The van der Waals surface area contributed by atoms with Crippen LogP contribution >= 0.6 is 0 Å². The predicted molar refractivity (Wildman–Crippen MR) is 87.0 cm³/mol. The number of carbonyl (C=O) groups excluding carboxylic acids is 1. The van der Waals surface area contributed by atoms with Gasteiger partial charge in [0.1, 0.15) is 12.6 Å². The average Bonchev–Trinajstić information content (AvgIpc) is 3.28. The number of furan rings is 1. The molecule has 0 aromatic carbocycles. The minimum Gasteiger partial charge on any atom is -0.461 e. The number of ether oxygens (including phenoxy) is 1. The number of amides is 1. The molecule has 0 radical (unpaired) electrons. The lowest BCUT2D eigenvalue weighted by Gasteiger charge is -2.33. The first-order valence-corrected chi connectivity index (χ1v) is 7.98. The summed E-state index contributed by atoms with van der Waals surface area (Å²) in [5.74, 6) is 0.245. The first-order chi connectivity index (χ1) is 12.2. The summed E-state index contributed by atoms with van der Waals surface area (Å²) in [6, 6.07) is 5.60. The van der Waals surface area contributed by atoms with E-state index in [0.29, 0.717) is 31.5 Å².